The van der Waals surface area contributed by atoms with Gasteiger partial charge in [0.15, 0.2) is 5.96 Å². The van der Waals surface area contributed by atoms with Gasteiger partial charge in [-0.15, -0.1) is 35.3 Å². The third-order valence-electron chi connectivity index (χ3n) is 6.19. The van der Waals surface area contributed by atoms with Crippen molar-refractivity contribution in [2.45, 2.75) is 44.7 Å². The second-order valence-corrected chi connectivity index (χ2v) is 9.17. The lowest BCUT2D eigenvalue weighted by atomic mass is 10.1. The van der Waals surface area contributed by atoms with Crippen LogP contribution in [0.15, 0.2) is 52.8 Å². The van der Waals surface area contributed by atoms with Crippen molar-refractivity contribution >= 4 is 46.3 Å². The van der Waals surface area contributed by atoms with Gasteiger partial charge in [-0.2, -0.15) is 0 Å². The molecule has 1 aromatic heterocycles. The number of benzene rings is 1. The van der Waals surface area contributed by atoms with Crippen molar-refractivity contribution in [2.75, 3.05) is 44.2 Å². The zero-order chi connectivity index (χ0) is 20.6. The van der Waals surface area contributed by atoms with E-state index in [1.807, 2.05) is 11.3 Å². The van der Waals surface area contributed by atoms with E-state index in [-0.39, 0.29) is 24.0 Å². The third-order valence-corrected chi connectivity index (χ3v) is 7.11. The highest BCUT2D eigenvalue weighted by atomic mass is 127. The molecule has 7 heteroatoms. The minimum atomic E-state index is 0. The predicted molar refractivity (Wildman–Crippen MR) is 144 cm³/mol. The summed E-state index contributed by atoms with van der Waals surface area (Å²) in [4.78, 5) is 10.1. The number of guanidine groups is 1. The number of piperidine rings is 1. The molecule has 2 aliphatic rings. The minimum absolute atomic E-state index is 0. The van der Waals surface area contributed by atoms with Crippen molar-refractivity contribution in [1.82, 2.24) is 15.5 Å². The SMILES string of the molecule is CCNC(=NCC(c1ccccc1)N1CCCC1)NC1CCN(c2cccs2)CC1.I. The molecule has 3 heterocycles. The van der Waals surface area contributed by atoms with Crippen molar-refractivity contribution < 1.29 is 0 Å². The van der Waals surface area contributed by atoms with Crippen LogP contribution in [0, 0.1) is 0 Å². The fourth-order valence-electron chi connectivity index (χ4n) is 4.55. The Morgan fingerprint density at radius 3 is 2.45 bits per heavy atom. The van der Waals surface area contributed by atoms with Gasteiger partial charge in [0.1, 0.15) is 0 Å². The van der Waals surface area contributed by atoms with Gasteiger partial charge < -0.3 is 15.5 Å². The van der Waals surface area contributed by atoms with Crippen LogP contribution >= 0.6 is 35.3 Å². The van der Waals surface area contributed by atoms with E-state index >= 15 is 0 Å². The normalized spacial score (nSPS) is 19.1. The molecule has 1 atom stereocenters. The first-order valence-electron chi connectivity index (χ1n) is 11.5. The van der Waals surface area contributed by atoms with E-state index < -0.39 is 0 Å². The van der Waals surface area contributed by atoms with Crippen LogP contribution in [0.1, 0.15) is 44.2 Å². The Kier molecular flexibility index (Phi) is 9.93. The van der Waals surface area contributed by atoms with E-state index in [0.717, 1.165) is 45.0 Å². The molecule has 4 rings (SSSR count). The van der Waals surface area contributed by atoms with E-state index in [0.29, 0.717) is 12.1 Å². The topological polar surface area (TPSA) is 42.9 Å². The van der Waals surface area contributed by atoms with E-state index in [1.165, 1.54) is 36.5 Å². The molecule has 2 aromatic rings. The summed E-state index contributed by atoms with van der Waals surface area (Å²) in [5.41, 5.74) is 1.38. The van der Waals surface area contributed by atoms with Crippen LogP contribution in [-0.4, -0.2) is 56.2 Å². The van der Waals surface area contributed by atoms with Crippen molar-refractivity contribution in [3.63, 3.8) is 0 Å². The van der Waals surface area contributed by atoms with Crippen molar-refractivity contribution in [3.8, 4) is 0 Å². The van der Waals surface area contributed by atoms with Gasteiger partial charge in [-0.05, 0) is 68.8 Å². The van der Waals surface area contributed by atoms with E-state index in [2.05, 4.69) is 75.2 Å². The maximum Gasteiger partial charge on any atom is 0.191 e. The maximum atomic E-state index is 5.04. The summed E-state index contributed by atoms with van der Waals surface area (Å²) in [6.45, 7) is 8.41. The summed E-state index contributed by atoms with van der Waals surface area (Å²) in [5, 5.41) is 10.8. The monoisotopic (exact) mass is 553 g/mol. The summed E-state index contributed by atoms with van der Waals surface area (Å²) in [7, 11) is 0. The summed E-state index contributed by atoms with van der Waals surface area (Å²) in [6.07, 6.45) is 4.90. The first-order valence-corrected chi connectivity index (χ1v) is 12.3. The van der Waals surface area contributed by atoms with Gasteiger partial charge in [0.05, 0.1) is 17.6 Å². The number of nitrogens with one attached hydrogen (secondary N) is 2. The highest BCUT2D eigenvalue weighted by molar-refractivity contribution is 14.0. The van der Waals surface area contributed by atoms with E-state index in [4.69, 9.17) is 4.99 Å². The molecule has 5 nitrogen and oxygen atoms in total. The number of rotatable bonds is 7. The number of hydrogen-bond acceptors (Lipinski definition) is 4. The zero-order valence-electron chi connectivity index (χ0n) is 18.5. The second kappa shape index (κ2) is 12.6. The fourth-order valence-corrected chi connectivity index (χ4v) is 5.33. The summed E-state index contributed by atoms with van der Waals surface area (Å²) < 4.78 is 0. The van der Waals surface area contributed by atoms with Gasteiger partial charge in [0.2, 0.25) is 0 Å². The lowest BCUT2D eigenvalue weighted by molar-refractivity contribution is 0.251. The van der Waals surface area contributed by atoms with Crippen molar-refractivity contribution in [2.24, 2.45) is 4.99 Å². The molecule has 170 valence electrons. The fraction of sp³-hybridized carbons (Fsp3) is 0.542. The average Bonchev–Trinajstić information content (AvgIpc) is 3.50. The van der Waals surface area contributed by atoms with Crippen LogP contribution in [-0.2, 0) is 0 Å². The molecule has 2 N–H and O–H groups in total. The highest BCUT2D eigenvalue weighted by Gasteiger charge is 2.24. The van der Waals surface area contributed by atoms with Gasteiger partial charge >= 0.3 is 0 Å². The van der Waals surface area contributed by atoms with Crippen LogP contribution < -0.4 is 15.5 Å². The van der Waals surface area contributed by atoms with E-state index in [9.17, 15) is 0 Å². The summed E-state index contributed by atoms with van der Waals surface area (Å²) in [6, 6.07) is 16.1. The summed E-state index contributed by atoms with van der Waals surface area (Å²) >= 11 is 1.84. The lowest BCUT2D eigenvalue weighted by Crippen LogP contribution is -2.49. The van der Waals surface area contributed by atoms with Crippen LogP contribution in [0.3, 0.4) is 0 Å². The summed E-state index contributed by atoms with van der Waals surface area (Å²) in [5.74, 6) is 0.965. The molecule has 0 spiro atoms. The first kappa shape index (κ1) is 24.3. The van der Waals surface area contributed by atoms with Gasteiger partial charge in [0.25, 0.3) is 0 Å². The Balaban J connectivity index is 0.00000272. The molecule has 0 saturated carbocycles. The number of anilines is 1. The molecule has 0 aliphatic carbocycles. The second-order valence-electron chi connectivity index (χ2n) is 8.25. The molecular formula is C24H36IN5S. The van der Waals surface area contributed by atoms with Gasteiger partial charge in [0, 0.05) is 25.7 Å². The van der Waals surface area contributed by atoms with Crippen LogP contribution in [0.4, 0.5) is 5.00 Å². The van der Waals surface area contributed by atoms with Gasteiger partial charge in [-0.1, -0.05) is 30.3 Å². The van der Waals surface area contributed by atoms with Crippen molar-refractivity contribution in [1.29, 1.82) is 0 Å². The quantitative estimate of drug-likeness (QED) is 0.296. The number of thiophene rings is 1. The lowest BCUT2D eigenvalue weighted by Gasteiger charge is -2.34. The first-order chi connectivity index (χ1) is 14.8. The Bertz CT molecular complexity index is 769. The highest BCUT2D eigenvalue weighted by Crippen LogP contribution is 2.26. The standard InChI is InChI=1S/C24H35N5S.HI/c1-2-25-24(27-21-12-16-29(17-13-21)23-11-8-18-30-23)26-19-22(28-14-6-7-15-28)20-9-4-3-5-10-20;/h3-5,8-11,18,21-22H,2,6-7,12-17,19H2,1H3,(H2,25,26,27);1H. The molecule has 0 amide bonds. The molecule has 2 aliphatic heterocycles. The largest absolute Gasteiger partial charge is 0.363 e. The third kappa shape index (κ3) is 6.83. The van der Waals surface area contributed by atoms with Crippen LogP contribution in [0.2, 0.25) is 0 Å². The smallest absolute Gasteiger partial charge is 0.191 e. The number of hydrogen-bond donors (Lipinski definition) is 2. The molecule has 0 radical (unpaired) electrons. The van der Waals surface area contributed by atoms with Crippen LogP contribution in [0.25, 0.3) is 0 Å². The van der Waals surface area contributed by atoms with E-state index in [1.54, 1.807) is 0 Å². The van der Waals surface area contributed by atoms with Gasteiger partial charge in [-0.25, -0.2) is 0 Å². The molecule has 0 bridgehead atoms. The van der Waals surface area contributed by atoms with Crippen LogP contribution in [0.5, 0.6) is 0 Å². The Labute approximate surface area is 208 Å². The number of halogens is 1. The molecule has 1 unspecified atom stereocenters. The molecule has 31 heavy (non-hydrogen) atoms. The number of nitrogens with zero attached hydrogens (tertiary/aromatic N) is 3. The Morgan fingerprint density at radius 2 is 1.81 bits per heavy atom. The molecule has 2 fully saturated rings. The average molecular weight is 554 g/mol. The molecular weight excluding hydrogens is 517 g/mol. The minimum Gasteiger partial charge on any atom is -0.363 e. The number of likely N-dealkylation sites (tertiary alicyclic amines) is 1. The Morgan fingerprint density at radius 1 is 1.06 bits per heavy atom. The Hall–Kier alpha value is -1.32. The maximum absolute atomic E-state index is 5.04. The van der Waals surface area contributed by atoms with Gasteiger partial charge in [-0.3, -0.25) is 9.89 Å². The van der Waals surface area contributed by atoms with Crippen molar-refractivity contribution in [3.05, 3.63) is 53.4 Å². The molecule has 2 saturated heterocycles. The zero-order valence-corrected chi connectivity index (χ0v) is 21.6. The molecule has 1 aromatic carbocycles. The predicted octanol–water partition coefficient (Wildman–Crippen LogP) is 4.73. The number of aliphatic imine (C=N–C) groups is 1.